The van der Waals surface area contributed by atoms with Crippen LogP contribution < -0.4 is 10.5 Å². The summed E-state index contributed by atoms with van der Waals surface area (Å²) in [6.45, 7) is 0. The van der Waals surface area contributed by atoms with E-state index in [-0.39, 0.29) is 22.7 Å². The SMILES string of the molecule is COc1cncnc1-c1cc(C(F)(F)F)ccc1N. The van der Waals surface area contributed by atoms with Gasteiger partial charge in [0.2, 0.25) is 0 Å². The van der Waals surface area contributed by atoms with E-state index in [4.69, 9.17) is 10.5 Å². The number of halogens is 3. The first-order valence-electron chi connectivity index (χ1n) is 5.24. The molecule has 0 aliphatic carbocycles. The normalized spacial score (nSPS) is 11.4. The Balaban J connectivity index is 2.61. The fourth-order valence-electron chi connectivity index (χ4n) is 1.61. The third-order valence-corrected chi connectivity index (χ3v) is 2.53. The summed E-state index contributed by atoms with van der Waals surface area (Å²) in [5.41, 5.74) is 5.48. The minimum absolute atomic E-state index is 0.161. The summed E-state index contributed by atoms with van der Waals surface area (Å²) in [6, 6.07) is 3.06. The fraction of sp³-hybridized carbons (Fsp3) is 0.167. The molecule has 0 amide bonds. The van der Waals surface area contributed by atoms with Gasteiger partial charge in [0.25, 0.3) is 0 Å². The quantitative estimate of drug-likeness (QED) is 0.851. The maximum absolute atomic E-state index is 12.7. The zero-order valence-electron chi connectivity index (χ0n) is 9.90. The van der Waals surface area contributed by atoms with Gasteiger partial charge in [-0.3, -0.25) is 0 Å². The van der Waals surface area contributed by atoms with Crippen LogP contribution in [0.3, 0.4) is 0 Å². The molecule has 2 aromatic rings. The van der Waals surface area contributed by atoms with Crippen LogP contribution in [-0.2, 0) is 6.18 Å². The van der Waals surface area contributed by atoms with Crippen molar-refractivity contribution in [2.45, 2.75) is 6.18 Å². The number of nitrogens with two attached hydrogens (primary N) is 1. The van der Waals surface area contributed by atoms with Crippen LogP contribution in [0.4, 0.5) is 18.9 Å². The topological polar surface area (TPSA) is 61.0 Å². The highest BCUT2D eigenvalue weighted by Gasteiger charge is 2.31. The smallest absolute Gasteiger partial charge is 0.416 e. The molecule has 19 heavy (non-hydrogen) atoms. The van der Waals surface area contributed by atoms with Crippen molar-refractivity contribution in [2.75, 3.05) is 12.8 Å². The van der Waals surface area contributed by atoms with Crippen LogP contribution in [0.15, 0.2) is 30.7 Å². The van der Waals surface area contributed by atoms with Gasteiger partial charge in [-0.2, -0.15) is 13.2 Å². The number of nitrogen functional groups attached to an aromatic ring is 1. The molecule has 0 aliphatic rings. The van der Waals surface area contributed by atoms with E-state index < -0.39 is 11.7 Å². The van der Waals surface area contributed by atoms with Gasteiger partial charge in [-0.25, -0.2) is 9.97 Å². The number of anilines is 1. The highest BCUT2D eigenvalue weighted by molar-refractivity contribution is 5.78. The lowest BCUT2D eigenvalue weighted by Crippen LogP contribution is -2.06. The summed E-state index contributed by atoms with van der Waals surface area (Å²) in [5.74, 6) is 0.258. The van der Waals surface area contributed by atoms with E-state index in [1.54, 1.807) is 0 Å². The Bertz CT molecular complexity index is 599. The number of benzene rings is 1. The standard InChI is InChI=1S/C12H10F3N3O/c1-19-10-5-17-6-18-11(10)8-4-7(12(13,14)15)2-3-9(8)16/h2-6H,16H2,1H3. The highest BCUT2D eigenvalue weighted by atomic mass is 19.4. The molecule has 4 nitrogen and oxygen atoms in total. The molecule has 1 aromatic carbocycles. The van der Waals surface area contributed by atoms with Gasteiger partial charge in [-0.05, 0) is 18.2 Å². The van der Waals surface area contributed by atoms with Crippen LogP contribution in [0, 0.1) is 0 Å². The molecule has 1 heterocycles. The molecule has 0 fully saturated rings. The summed E-state index contributed by atoms with van der Waals surface area (Å²) < 4.78 is 43.1. The van der Waals surface area contributed by atoms with Crippen molar-refractivity contribution in [2.24, 2.45) is 0 Å². The van der Waals surface area contributed by atoms with E-state index in [1.807, 2.05) is 0 Å². The Kier molecular flexibility index (Phi) is 3.28. The third-order valence-electron chi connectivity index (χ3n) is 2.53. The summed E-state index contributed by atoms with van der Waals surface area (Å²) in [4.78, 5) is 7.66. The highest BCUT2D eigenvalue weighted by Crippen LogP contribution is 2.36. The van der Waals surface area contributed by atoms with Crippen molar-refractivity contribution < 1.29 is 17.9 Å². The molecule has 0 radical (unpaired) electrons. The minimum atomic E-state index is -4.44. The van der Waals surface area contributed by atoms with Gasteiger partial charge in [0, 0.05) is 11.3 Å². The monoisotopic (exact) mass is 269 g/mol. The largest absolute Gasteiger partial charge is 0.493 e. The van der Waals surface area contributed by atoms with E-state index in [1.165, 1.54) is 25.7 Å². The number of methoxy groups -OCH3 is 1. The zero-order chi connectivity index (χ0) is 14.0. The number of rotatable bonds is 2. The second-order valence-corrected chi connectivity index (χ2v) is 3.74. The van der Waals surface area contributed by atoms with Crippen molar-refractivity contribution >= 4 is 5.69 Å². The van der Waals surface area contributed by atoms with Gasteiger partial charge in [0.05, 0.1) is 18.9 Å². The maximum Gasteiger partial charge on any atom is 0.416 e. The Morgan fingerprint density at radius 2 is 2.00 bits per heavy atom. The summed E-state index contributed by atoms with van der Waals surface area (Å²) in [6.07, 6.45) is -1.86. The number of alkyl halides is 3. The Morgan fingerprint density at radius 1 is 1.26 bits per heavy atom. The summed E-state index contributed by atoms with van der Waals surface area (Å²) in [7, 11) is 1.38. The van der Waals surface area contributed by atoms with E-state index in [2.05, 4.69) is 9.97 Å². The van der Waals surface area contributed by atoms with Gasteiger partial charge >= 0.3 is 6.18 Å². The molecule has 100 valence electrons. The molecule has 0 aliphatic heterocycles. The summed E-state index contributed by atoms with van der Waals surface area (Å²) >= 11 is 0. The number of aromatic nitrogens is 2. The average molecular weight is 269 g/mol. The molecule has 2 N–H and O–H groups in total. The maximum atomic E-state index is 12.7. The molecule has 0 unspecified atom stereocenters. The minimum Gasteiger partial charge on any atom is -0.493 e. The first kappa shape index (κ1) is 13.1. The molecule has 0 atom stereocenters. The van der Waals surface area contributed by atoms with Crippen molar-refractivity contribution in [1.29, 1.82) is 0 Å². The predicted molar refractivity (Wildman–Crippen MR) is 63.4 cm³/mol. The Hall–Kier alpha value is -2.31. The lowest BCUT2D eigenvalue weighted by molar-refractivity contribution is -0.137. The Morgan fingerprint density at radius 3 is 2.63 bits per heavy atom. The Labute approximate surface area is 107 Å². The number of ether oxygens (including phenoxy) is 1. The van der Waals surface area contributed by atoms with Gasteiger partial charge in [0.1, 0.15) is 12.0 Å². The van der Waals surface area contributed by atoms with Gasteiger partial charge in [0.15, 0.2) is 5.75 Å². The molecule has 2 rings (SSSR count). The van der Waals surface area contributed by atoms with Crippen LogP contribution in [0.2, 0.25) is 0 Å². The molecular weight excluding hydrogens is 259 g/mol. The number of hydrogen-bond donors (Lipinski definition) is 1. The van der Waals surface area contributed by atoms with Crippen molar-refractivity contribution in [3.63, 3.8) is 0 Å². The molecule has 1 aromatic heterocycles. The lowest BCUT2D eigenvalue weighted by Gasteiger charge is -2.12. The van der Waals surface area contributed by atoms with E-state index in [9.17, 15) is 13.2 Å². The van der Waals surface area contributed by atoms with Crippen LogP contribution in [0.1, 0.15) is 5.56 Å². The molecule has 0 spiro atoms. The fourth-order valence-corrected chi connectivity index (χ4v) is 1.61. The predicted octanol–water partition coefficient (Wildman–Crippen LogP) is 2.75. The second kappa shape index (κ2) is 4.75. The van der Waals surface area contributed by atoms with Gasteiger partial charge in [-0.1, -0.05) is 0 Å². The average Bonchev–Trinajstić information content (AvgIpc) is 2.38. The van der Waals surface area contributed by atoms with E-state index >= 15 is 0 Å². The summed E-state index contributed by atoms with van der Waals surface area (Å²) in [5, 5.41) is 0. The first-order chi connectivity index (χ1) is 8.93. The first-order valence-corrected chi connectivity index (χ1v) is 5.24. The third kappa shape index (κ3) is 2.59. The molecule has 0 bridgehead atoms. The van der Waals surface area contributed by atoms with Crippen LogP contribution >= 0.6 is 0 Å². The second-order valence-electron chi connectivity index (χ2n) is 3.74. The zero-order valence-corrected chi connectivity index (χ0v) is 9.90. The van der Waals surface area contributed by atoms with Crippen LogP contribution in [0.5, 0.6) is 5.75 Å². The van der Waals surface area contributed by atoms with Crippen LogP contribution in [-0.4, -0.2) is 17.1 Å². The van der Waals surface area contributed by atoms with Gasteiger partial charge in [-0.15, -0.1) is 0 Å². The number of hydrogen-bond acceptors (Lipinski definition) is 4. The van der Waals surface area contributed by atoms with E-state index in [0.29, 0.717) is 0 Å². The van der Waals surface area contributed by atoms with Crippen LogP contribution in [0.25, 0.3) is 11.3 Å². The van der Waals surface area contributed by atoms with Crippen molar-refractivity contribution in [3.8, 4) is 17.0 Å². The number of nitrogens with zero attached hydrogens (tertiary/aromatic N) is 2. The molecule has 0 saturated carbocycles. The molecule has 0 saturated heterocycles. The van der Waals surface area contributed by atoms with E-state index in [0.717, 1.165) is 12.1 Å². The van der Waals surface area contributed by atoms with Crippen molar-refractivity contribution in [3.05, 3.63) is 36.3 Å². The van der Waals surface area contributed by atoms with Crippen molar-refractivity contribution in [1.82, 2.24) is 9.97 Å². The lowest BCUT2D eigenvalue weighted by atomic mass is 10.0. The molecule has 7 heteroatoms. The molecular formula is C12H10F3N3O. The van der Waals surface area contributed by atoms with Gasteiger partial charge < -0.3 is 10.5 Å².